The van der Waals surface area contributed by atoms with E-state index in [4.69, 9.17) is 9.47 Å². The van der Waals surface area contributed by atoms with E-state index in [0.29, 0.717) is 29.0 Å². The number of rotatable bonds is 8. The maximum absolute atomic E-state index is 13.6. The molecule has 0 saturated heterocycles. The van der Waals surface area contributed by atoms with E-state index in [9.17, 15) is 23.6 Å². The number of sulfonamides is 1. The zero-order chi connectivity index (χ0) is 27.4. The van der Waals surface area contributed by atoms with Gasteiger partial charge in [0.15, 0.2) is 0 Å². The molecule has 198 valence electrons. The predicted octanol–water partition coefficient (Wildman–Crippen LogP) is 4.84. The second kappa shape index (κ2) is 11.3. The molecule has 0 amide bonds. The molecule has 0 spiro atoms. The number of carbonyl (C=O) groups is 1. The standard InChI is InChI=1S/C29H30N2O6S/c1-4-24-18-31(38(34,35)28-8-6-5-7-26(28)37-24)17-23-13-20(10-9-19(23)2)25(15-29(32)33)21-11-12-22(16-30)27(14-21)36-3/h5-14,24-25H,4,15,17-18H2,1-3H3,(H,32,33)/t24-,25?/m1/s1. The van der Waals surface area contributed by atoms with Gasteiger partial charge < -0.3 is 14.6 Å². The number of methoxy groups -OCH3 is 1. The number of nitrogens with zero attached hydrogens (tertiary/aromatic N) is 2. The molecular weight excluding hydrogens is 504 g/mol. The zero-order valence-electron chi connectivity index (χ0n) is 21.5. The Bertz CT molecular complexity index is 1500. The van der Waals surface area contributed by atoms with Gasteiger partial charge in [-0.2, -0.15) is 9.57 Å². The Balaban J connectivity index is 1.75. The number of para-hydroxylation sites is 1. The van der Waals surface area contributed by atoms with Crippen LogP contribution in [0.4, 0.5) is 0 Å². The highest BCUT2D eigenvalue weighted by Gasteiger charge is 2.34. The molecular formula is C29H30N2O6S. The van der Waals surface area contributed by atoms with E-state index in [-0.39, 0.29) is 30.5 Å². The van der Waals surface area contributed by atoms with Crippen molar-refractivity contribution in [2.75, 3.05) is 13.7 Å². The highest BCUT2D eigenvalue weighted by Crippen LogP contribution is 2.35. The fourth-order valence-corrected chi connectivity index (χ4v) is 6.26. The normalized spacial score (nSPS) is 17.4. The molecule has 4 rings (SSSR count). The summed E-state index contributed by atoms with van der Waals surface area (Å²) in [6, 6.07) is 19.4. The lowest BCUT2D eigenvalue weighted by atomic mass is 9.86. The van der Waals surface area contributed by atoms with E-state index in [1.807, 2.05) is 32.0 Å². The van der Waals surface area contributed by atoms with Gasteiger partial charge in [-0.1, -0.05) is 43.3 Å². The molecule has 1 unspecified atom stereocenters. The van der Waals surface area contributed by atoms with Crippen LogP contribution >= 0.6 is 0 Å². The Morgan fingerprint density at radius 3 is 2.58 bits per heavy atom. The van der Waals surface area contributed by atoms with Crippen LogP contribution in [0.25, 0.3) is 0 Å². The number of benzene rings is 3. The van der Waals surface area contributed by atoms with Crippen molar-refractivity contribution in [2.24, 2.45) is 0 Å². The van der Waals surface area contributed by atoms with Gasteiger partial charge in [-0.25, -0.2) is 8.42 Å². The van der Waals surface area contributed by atoms with Crippen molar-refractivity contribution in [3.05, 3.63) is 88.5 Å². The van der Waals surface area contributed by atoms with Crippen LogP contribution in [0.1, 0.15) is 53.5 Å². The smallest absolute Gasteiger partial charge is 0.304 e. The fraction of sp³-hybridized carbons (Fsp3) is 0.310. The van der Waals surface area contributed by atoms with Gasteiger partial charge in [-0.05, 0) is 59.9 Å². The largest absolute Gasteiger partial charge is 0.495 e. The Morgan fingerprint density at radius 1 is 1.18 bits per heavy atom. The number of aliphatic carboxylic acids is 1. The van der Waals surface area contributed by atoms with Crippen LogP contribution in [-0.4, -0.2) is 43.6 Å². The molecule has 2 atom stereocenters. The van der Waals surface area contributed by atoms with Crippen molar-refractivity contribution in [3.63, 3.8) is 0 Å². The molecule has 0 aromatic heterocycles. The highest BCUT2D eigenvalue weighted by molar-refractivity contribution is 7.89. The topological polar surface area (TPSA) is 117 Å². The van der Waals surface area contributed by atoms with Gasteiger partial charge in [-0.15, -0.1) is 0 Å². The summed E-state index contributed by atoms with van der Waals surface area (Å²) < 4.78 is 40.1. The third-order valence-corrected chi connectivity index (χ3v) is 8.72. The first-order chi connectivity index (χ1) is 18.2. The number of hydrogen-bond acceptors (Lipinski definition) is 6. The first-order valence-corrected chi connectivity index (χ1v) is 13.8. The van der Waals surface area contributed by atoms with Crippen LogP contribution in [0.2, 0.25) is 0 Å². The van der Waals surface area contributed by atoms with E-state index in [2.05, 4.69) is 6.07 Å². The predicted molar refractivity (Wildman–Crippen MR) is 142 cm³/mol. The quantitative estimate of drug-likeness (QED) is 0.439. The van der Waals surface area contributed by atoms with Gasteiger partial charge in [0, 0.05) is 12.5 Å². The molecule has 8 nitrogen and oxygen atoms in total. The summed E-state index contributed by atoms with van der Waals surface area (Å²) in [5.74, 6) is -0.784. The van der Waals surface area contributed by atoms with E-state index < -0.39 is 21.9 Å². The van der Waals surface area contributed by atoms with Crippen molar-refractivity contribution < 1.29 is 27.8 Å². The maximum Gasteiger partial charge on any atom is 0.304 e. The van der Waals surface area contributed by atoms with Crippen molar-refractivity contribution in [3.8, 4) is 17.6 Å². The number of nitriles is 1. The summed E-state index contributed by atoms with van der Waals surface area (Å²) in [5.41, 5.74) is 3.44. The summed E-state index contributed by atoms with van der Waals surface area (Å²) in [7, 11) is -2.37. The summed E-state index contributed by atoms with van der Waals surface area (Å²) >= 11 is 0. The molecule has 0 fully saturated rings. The summed E-state index contributed by atoms with van der Waals surface area (Å²) in [6.07, 6.45) is 0.155. The van der Waals surface area contributed by atoms with Gasteiger partial charge in [0.1, 0.15) is 28.6 Å². The average molecular weight is 535 g/mol. The molecule has 0 aliphatic carbocycles. The Morgan fingerprint density at radius 2 is 1.89 bits per heavy atom. The molecule has 9 heteroatoms. The van der Waals surface area contributed by atoms with Crippen LogP contribution in [0.3, 0.4) is 0 Å². The van der Waals surface area contributed by atoms with Crippen LogP contribution < -0.4 is 9.47 Å². The minimum atomic E-state index is -3.83. The van der Waals surface area contributed by atoms with Crippen molar-refractivity contribution in [1.82, 2.24) is 4.31 Å². The first-order valence-electron chi connectivity index (χ1n) is 12.3. The first kappa shape index (κ1) is 27.2. The lowest BCUT2D eigenvalue weighted by Gasteiger charge is -2.24. The number of hydrogen-bond donors (Lipinski definition) is 1. The Labute approximate surface area is 223 Å². The van der Waals surface area contributed by atoms with E-state index >= 15 is 0 Å². The number of ether oxygens (including phenoxy) is 2. The molecule has 3 aromatic carbocycles. The van der Waals surface area contributed by atoms with Crippen LogP contribution in [0, 0.1) is 18.3 Å². The highest BCUT2D eigenvalue weighted by atomic mass is 32.2. The summed E-state index contributed by atoms with van der Waals surface area (Å²) in [4.78, 5) is 12.0. The van der Waals surface area contributed by atoms with Gasteiger partial charge in [-0.3, -0.25) is 4.79 Å². The van der Waals surface area contributed by atoms with E-state index in [1.54, 1.807) is 42.5 Å². The molecule has 1 aliphatic rings. The minimum Gasteiger partial charge on any atom is -0.495 e. The zero-order valence-corrected chi connectivity index (χ0v) is 22.4. The average Bonchev–Trinajstić information content (AvgIpc) is 3.01. The summed E-state index contributed by atoms with van der Waals surface area (Å²) in [6.45, 7) is 4.18. The molecule has 0 saturated carbocycles. The molecule has 1 aliphatic heterocycles. The molecule has 3 aromatic rings. The van der Waals surface area contributed by atoms with Crippen LogP contribution in [0.15, 0.2) is 65.6 Å². The Hall–Kier alpha value is -3.87. The third kappa shape index (κ3) is 5.52. The SMILES string of the molecule is CC[C@@H]1CN(Cc2cc(C(CC(=O)O)c3ccc(C#N)c(OC)c3)ccc2C)S(=O)(=O)c2ccccc2O1. The number of fused-ring (bicyclic) bond motifs is 1. The van der Waals surface area contributed by atoms with Gasteiger partial charge in [0.2, 0.25) is 10.0 Å². The number of carboxylic acid groups (broad SMARTS) is 1. The maximum atomic E-state index is 13.6. The molecule has 1 N–H and O–H groups in total. The molecule has 0 bridgehead atoms. The van der Waals surface area contributed by atoms with E-state index in [1.165, 1.54) is 11.4 Å². The monoisotopic (exact) mass is 534 g/mol. The Kier molecular flexibility index (Phi) is 8.05. The lowest BCUT2D eigenvalue weighted by molar-refractivity contribution is -0.137. The van der Waals surface area contributed by atoms with Gasteiger partial charge >= 0.3 is 5.97 Å². The minimum absolute atomic E-state index is 0.118. The third-order valence-electron chi connectivity index (χ3n) is 6.87. The fourth-order valence-electron chi connectivity index (χ4n) is 4.69. The number of carboxylic acids is 1. The molecule has 38 heavy (non-hydrogen) atoms. The van der Waals surface area contributed by atoms with Gasteiger partial charge in [0.05, 0.1) is 25.6 Å². The molecule has 1 heterocycles. The second-order valence-corrected chi connectivity index (χ2v) is 11.2. The van der Waals surface area contributed by atoms with Crippen molar-refractivity contribution in [1.29, 1.82) is 5.26 Å². The van der Waals surface area contributed by atoms with Crippen LogP contribution in [-0.2, 0) is 21.4 Å². The van der Waals surface area contributed by atoms with Crippen molar-refractivity contribution in [2.45, 2.75) is 50.2 Å². The van der Waals surface area contributed by atoms with Crippen LogP contribution in [0.5, 0.6) is 11.5 Å². The summed E-state index contributed by atoms with van der Waals surface area (Å²) in [5, 5.41) is 19.0. The van der Waals surface area contributed by atoms with Gasteiger partial charge in [0.25, 0.3) is 0 Å². The lowest BCUT2D eigenvalue weighted by Crippen LogP contribution is -2.36. The van der Waals surface area contributed by atoms with E-state index in [0.717, 1.165) is 16.7 Å². The second-order valence-electron chi connectivity index (χ2n) is 9.30. The molecule has 0 radical (unpaired) electrons. The van der Waals surface area contributed by atoms with Crippen molar-refractivity contribution >= 4 is 16.0 Å². The number of aryl methyl sites for hydroxylation is 1.